The fourth-order valence-corrected chi connectivity index (χ4v) is 2.44. The molecule has 0 saturated carbocycles. The zero-order valence-corrected chi connectivity index (χ0v) is 12.7. The Kier molecular flexibility index (Phi) is 5.17. The van der Waals surface area contributed by atoms with Crippen molar-refractivity contribution in [1.82, 2.24) is 5.32 Å². The number of nitrogens with one attached hydrogen (secondary N) is 1. The Morgan fingerprint density at radius 2 is 2.00 bits per heavy atom. The highest BCUT2D eigenvalue weighted by molar-refractivity contribution is 9.10. The Hall–Kier alpha value is -1.90. The lowest BCUT2D eigenvalue weighted by Crippen LogP contribution is -2.42. The molecule has 0 bridgehead atoms. The molecular weight excluding hydrogens is 368 g/mol. The average Bonchev–Trinajstić information content (AvgIpc) is 2.45. The van der Waals surface area contributed by atoms with Gasteiger partial charge in [-0.05, 0) is 28.1 Å². The smallest absolute Gasteiger partial charge is 0.326 e. The lowest BCUT2D eigenvalue weighted by molar-refractivity contribution is -0.140. The molecule has 1 aromatic rings. The molecule has 1 aliphatic heterocycles. The van der Waals surface area contributed by atoms with E-state index in [4.69, 9.17) is 14.6 Å². The van der Waals surface area contributed by atoms with Crippen molar-refractivity contribution in [2.75, 3.05) is 13.2 Å². The minimum Gasteiger partial charge on any atom is -0.486 e. The van der Waals surface area contributed by atoms with Gasteiger partial charge in [0.05, 0.1) is 4.47 Å². The first-order valence-corrected chi connectivity index (χ1v) is 7.08. The number of fused-ring (bicyclic) bond motifs is 1. The van der Waals surface area contributed by atoms with Gasteiger partial charge < -0.3 is 19.9 Å². The van der Waals surface area contributed by atoms with E-state index in [1.807, 2.05) is 0 Å². The van der Waals surface area contributed by atoms with E-state index in [-0.39, 0.29) is 5.56 Å². The SMILES string of the molecule is O=C(NC(CC(F)F)C(=O)O)c1cc(Br)c2c(c1)OCCO2. The van der Waals surface area contributed by atoms with Crippen LogP contribution in [0.5, 0.6) is 11.5 Å². The van der Waals surface area contributed by atoms with E-state index in [9.17, 15) is 18.4 Å². The van der Waals surface area contributed by atoms with Gasteiger partial charge in [-0.3, -0.25) is 4.79 Å². The second-order valence-electron chi connectivity index (χ2n) is 4.47. The van der Waals surface area contributed by atoms with E-state index in [0.717, 1.165) is 0 Å². The Morgan fingerprint density at radius 1 is 1.32 bits per heavy atom. The quantitative estimate of drug-likeness (QED) is 0.817. The molecule has 0 saturated heterocycles. The van der Waals surface area contributed by atoms with Crippen molar-refractivity contribution in [3.63, 3.8) is 0 Å². The molecule has 1 aromatic carbocycles. The normalized spacial score (nSPS) is 14.5. The molecular formula is C13H12BrF2NO5. The minimum absolute atomic E-state index is 0.0802. The summed E-state index contributed by atoms with van der Waals surface area (Å²) in [4.78, 5) is 22.9. The number of rotatable bonds is 5. The lowest BCUT2D eigenvalue weighted by atomic mass is 10.1. The van der Waals surface area contributed by atoms with E-state index in [1.54, 1.807) is 0 Å². The summed E-state index contributed by atoms with van der Waals surface area (Å²) in [7, 11) is 0. The molecule has 22 heavy (non-hydrogen) atoms. The maximum absolute atomic E-state index is 12.3. The van der Waals surface area contributed by atoms with Crippen molar-refractivity contribution >= 4 is 27.8 Å². The number of carboxylic acids is 1. The van der Waals surface area contributed by atoms with Crippen molar-refractivity contribution in [1.29, 1.82) is 0 Å². The second-order valence-corrected chi connectivity index (χ2v) is 5.33. The Labute approximate surface area is 132 Å². The van der Waals surface area contributed by atoms with Gasteiger partial charge in [-0.2, -0.15) is 0 Å². The number of carbonyl (C=O) groups is 2. The minimum atomic E-state index is -2.84. The molecule has 0 fully saturated rings. The highest BCUT2D eigenvalue weighted by Crippen LogP contribution is 2.38. The molecule has 120 valence electrons. The number of alkyl halides is 2. The molecule has 1 heterocycles. The summed E-state index contributed by atoms with van der Waals surface area (Å²) in [5, 5.41) is 10.9. The number of carbonyl (C=O) groups excluding carboxylic acids is 1. The molecule has 0 aromatic heterocycles. The Balaban J connectivity index is 2.18. The van der Waals surface area contributed by atoms with Crippen LogP contribution in [-0.2, 0) is 4.79 Å². The van der Waals surface area contributed by atoms with Crippen molar-refractivity contribution in [2.24, 2.45) is 0 Å². The third-order valence-corrected chi connectivity index (χ3v) is 3.47. The van der Waals surface area contributed by atoms with E-state index >= 15 is 0 Å². The number of hydrogen-bond donors (Lipinski definition) is 2. The van der Waals surface area contributed by atoms with Gasteiger partial charge in [-0.15, -0.1) is 0 Å². The number of benzene rings is 1. The van der Waals surface area contributed by atoms with Gasteiger partial charge in [-0.25, -0.2) is 13.6 Å². The fraction of sp³-hybridized carbons (Fsp3) is 0.385. The number of halogens is 3. The Bertz CT molecular complexity index is 596. The number of aliphatic carboxylic acids is 1. The van der Waals surface area contributed by atoms with Crippen LogP contribution >= 0.6 is 15.9 Å². The third kappa shape index (κ3) is 3.85. The number of carboxylic acid groups (broad SMARTS) is 1. The van der Waals surface area contributed by atoms with Crippen molar-refractivity contribution in [3.05, 3.63) is 22.2 Å². The lowest BCUT2D eigenvalue weighted by Gasteiger charge is -2.21. The molecule has 1 unspecified atom stereocenters. The molecule has 0 radical (unpaired) electrons. The van der Waals surface area contributed by atoms with Crippen LogP contribution < -0.4 is 14.8 Å². The summed E-state index contributed by atoms with van der Waals surface area (Å²) < 4.78 is 35.8. The first-order valence-electron chi connectivity index (χ1n) is 6.29. The van der Waals surface area contributed by atoms with Crippen LogP contribution in [0.2, 0.25) is 0 Å². The van der Waals surface area contributed by atoms with Crippen LogP contribution in [0.15, 0.2) is 16.6 Å². The predicted molar refractivity (Wildman–Crippen MR) is 74.6 cm³/mol. The van der Waals surface area contributed by atoms with Gasteiger partial charge in [0.15, 0.2) is 11.5 Å². The summed E-state index contributed by atoms with van der Waals surface area (Å²) in [6.45, 7) is 0.681. The number of ether oxygens (including phenoxy) is 2. The van der Waals surface area contributed by atoms with Crippen molar-refractivity contribution < 1.29 is 33.0 Å². The fourth-order valence-electron chi connectivity index (χ4n) is 1.88. The van der Waals surface area contributed by atoms with Gasteiger partial charge >= 0.3 is 5.97 Å². The first kappa shape index (κ1) is 16.5. The van der Waals surface area contributed by atoms with Gasteiger partial charge in [0.25, 0.3) is 5.91 Å². The molecule has 1 atom stereocenters. The summed E-state index contributed by atoms with van der Waals surface area (Å²) in [6.07, 6.45) is -3.80. The van der Waals surface area contributed by atoms with Crippen molar-refractivity contribution in [2.45, 2.75) is 18.9 Å². The zero-order valence-electron chi connectivity index (χ0n) is 11.1. The van der Waals surface area contributed by atoms with Crippen molar-refractivity contribution in [3.8, 4) is 11.5 Å². The van der Waals surface area contributed by atoms with Crippen LogP contribution in [0.1, 0.15) is 16.8 Å². The van der Waals surface area contributed by atoms with Crippen LogP contribution in [0.3, 0.4) is 0 Å². The maximum Gasteiger partial charge on any atom is 0.326 e. The van der Waals surface area contributed by atoms with Gasteiger partial charge in [-0.1, -0.05) is 0 Å². The highest BCUT2D eigenvalue weighted by atomic mass is 79.9. The monoisotopic (exact) mass is 379 g/mol. The summed E-state index contributed by atoms with van der Waals surface area (Å²) in [6, 6.07) is 1.11. The van der Waals surface area contributed by atoms with E-state index < -0.39 is 30.8 Å². The molecule has 0 aliphatic carbocycles. The summed E-state index contributed by atoms with van der Waals surface area (Å²) in [5.74, 6) is -1.55. The van der Waals surface area contributed by atoms with E-state index in [1.165, 1.54) is 12.1 Å². The highest BCUT2D eigenvalue weighted by Gasteiger charge is 2.26. The number of amides is 1. The van der Waals surface area contributed by atoms with Crippen LogP contribution in [0, 0.1) is 0 Å². The van der Waals surface area contributed by atoms with Gasteiger partial charge in [0, 0.05) is 12.0 Å². The van der Waals surface area contributed by atoms with Gasteiger partial charge in [0.1, 0.15) is 19.3 Å². The largest absolute Gasteiger partial charge is 0.486 e. The molecule has 1 aliphatic rings. The molecule has 2 rings (SSSR count). The first-order chi connectivity index (χ1) is 10.4. The molecule has 9 heteroatoms. The summed E-state index contributed by atoms with van der Waals surface area (Å²) >= 11 is 3.22. The standard InChI is InChI=1S/C13H12BrF2NO5/c14-7-3-6(4-9-11(7)22-2-1-21-9)12(18)17-8(13(19)20)5-10(15)16/h3-4,8,10H,1-2,5H2,(H,17,18)(H,19,20). The van der Waals surface area contributed by atoms with Crippen LogP contribution in [0.4, 0.5) is 8.78 Å². The maximum atomic E-state index is 12.3. The third-order valence-electron chi connectivity index (χ3n) is 2.88. The summed E-state index contributed by atoms with van der Waals surface area (Å²) in [5.41, 5.74) is 0.0802. The molecule has 2 N–H and O–H groups in total. The molecule has 0 spiro atoms. The predicted octanol–water partition coefficient (Wildman–Crippen LogP) is 2.06. The zero-order chi connectivity index (χ0) is 16.3. The molecule has 1 amide bonds. The van der Waals surface area contributed by atoms with Crippen LogP contribution in [0.25, 0.3) is 0 Å². The number of hydrogen-bond acceptors (Lipinski definition) is 4. The average molecular weight is 380 g/mol. The topological polar surface area (TPSA) is 84.9 Å². The molecule has 6 nitrogen and oxygen atoms in total. The van der Waals surface area contributed by atoms with E-state index in [0.29, 0.717) is 29.2 Å². The second kappa shape index (κ2) is 6.91. The van der Waals surface area contributed by atoms with Gasteiger partial charge in [0.2, 0.25) is 6.43 Å². The van der Waals surface area contributed by atoms with Crippen LogP contribution in [-0.4, -0.2) is 42.7 Å². The van der Waals surface area contributed by atoms with E-state index in [2.05, 4.69) is 21.2 Å². The Morgan fingerprint density at radius 3 is 2.64 bits per heavy atom.